The summed E-state index contributed by atoms with van der Waals surface area (Å²) in [5, 5.41) is 3.40. The molecule has 182 valence electrons. The van der Waals surface area contributed by atoms with Gasteiger partial charge >= 0.3 is 6.18 Å². The minimum Gasteiger partial charge on any atom is -0.488 e. The molecule has 4 aromatic rings. The van der Waals surface area contributed by atoms with Crippen molar-refractivity contribution < 1.29 is 22.7 Å². The largest absolute Gasteiger partial charge is 0.488 e. The van der Waals surface area contributed by atoms with E-state index in [9.17, 15) is 22.8 Å². The molecule has 3 heterocycles. The molecule has 1 amide bonds. The van der Waals surface area contributed by atoms with Crippen molar-refractivity contribution in [3.05, 3.63) is 106 Å². The van der Waals surface area contributed by atoms with Crippen LogP contribution in [0.3, 0.4) is 0 Å². The summed E-state index contributed by atoms with van der Waals surface area (Å²) in [6.07, 6.45) is 0.452. The summed E-state index contributed by atoms with van der Waals surface area (Å²) in [5.74, 6) is -0.0180. The summed E-state index contributed by atoms with van der Waals surface area (Å²) in [6, 6.07) is 14.2. The minimum absolute atomic E-state index is 0.249. The highest BCUT2D eigenvalue weighted by Gasteiger charge is 2.30. The molecular formula is C27H20F3N3O3. The number of amides is 1. The SMILES string of the molecule is C[C@H](NC(=O)c1ccc2c(c1)c1c(c(=O)n2-c2ccc(C(F)(F)F)cc2)C=CCO1)c1ccccn1. The lowest BCUT2D eigenvalue weighted by Crippen LogP contribution is -2.27. The Morgan fingerprint density at radius 3 is 2.58 bits per heavy atom. The van der Waals surface area contributed by atoms with Crippen LogP contribution in [0.15, 0.2) is 77.7 Å². The van der Waals surface area contributed by atoms with Gasteiger partial charge in [0.2, 0.25) is 0 Å². The van der Waals surface area contributed by atoms with Crippen LogP contribution in [-0.4, -0.2) is 22.1 Å². The maximum Gasteiger partial charge on any atom is 0.416 e. The van der Waals surface area contributed by atoms with E-state index in [0.29, 0.717) is 27.9 Å². The fourth-order valence-electron chi connectivity index (χ4n) is 4.17. The molecule has 5 rings (SSSR count). The molecule has 1 N–H and O–H groups in total. The molecule has 36 heavy (non-hydrogen) atoms. The van der Waals surface area contributed by atoms with E-state index in [1.165, 1.54) is 16.7 Å². The van der Waals surface area contributed by atoms with E-state index >= 15 is 0 Å². The van der Waals surface area contributed by atoms with Crippen LogP contribution in [0.5, 0.6) is 5.75 Å². The summed E-state index contributed by atoms with van der Waals surface area (Å²) < 4.78 is 46.3. The zero-order chi connectivity index (χ0) is 25.4. The molecule has 0 saturated carbocycles. The molecule has 6 nitrogen and oxygen atoms in total. The number of aromatic nitrogens is 2. The molecule has 0 aliphatic carbocycles. The smallest absolute Gasteiger partial charge is 0.416 e. The highest BCUT2D eigenvalue weighted by atomic mass is 19.4. The molecule has 2 aromatic heterocycles. The average Bonchev–Trinajstić information content (AvgIpc) is 2.89. The first kappa shape index (κ1) is 23.3. The van der Waals surface area contributed by atoms with Crippen LogP contribution in [0.4, 0.5) is 13.2 Å². The fourth-order valence-corrected chi connectivity index (χ4v) is 4.17. The van der Waals surface area contributed by atoms with Gasteiger partial charge in [-0.2, -0.15) is 13.2 Å². The topological polar surface area (TPSA) is 73.2 Å². The number of nitrogens with zero attached hydrogens (tertiary/aromatic N) is 2. The Balaban J connectivity index is 1.61. The molecule has 0 bridgehead atoms. The van der Waals surface area contributed by atoms with E-state index in [0.717, 1.165) is 12.1 Å². The first-order valence-corrected chi connectivity index (χ1v) is 11.2. The molecule has 0 saturated heterocycles. The third-order valence-electron chi connectivity index (χ3n) is 5.96. The van der Waals surface area contributed by atoms with Crippen molar-refractivity contribution in [3.8, 4) is 11.4 Å². The van der Waals surface area contributed by atoms with Gasteiger partial charge in [0.1, 0.15) is 12.4 Å². The van der Waals surface area contributed by atoms with Gasteiger partial charge in [-0.1, -0.05) is 6.07 Å². The van der Waals surface area contributed by atoms with Gasteiger partial charge in [-0.15, -0.1) is 0 Å². The molecule has 1 atom stereocenters. The lowest BCUT2D eigenvalue weighted by molar-refractivity contribution is -0.137. The Kier molecular flexibility index (Phi) is 5.83. The normalized spacial score (nSPS) is 13.7. The standard InChI is InChI=1S/C27H20F3N3O3/c1-16(22-6-2-3-13-31-22)32-25(34)17-7-12-23-21(15-17)24-20(5-4-14-36-24)26(35)33(23)19-10-8-18(9-11-19)27(28,29)30/h2-13,15-16H,14H2,1H3,(H,32,34)/t16-/m0/s1. The molecular weight excluding hydrogens is 471 g/mol. The van der Waals surface area contributed by atoms with Crippen molar-refractivity contribution in [2.24, 2.45) is 0 Å². The Bertz CT molecular complexity index is 1540. The molecule has 1 aliphatic heterocycles. The number of pyridine rings is 2. The van der Waals surface area contributed by atoms with Gasteiger partial charge in [0.25, 0.3) is 11.5 Å². The third kappa shape index (κ3) is 4.24. The second-order valence-electron chi connectivity index (χ2n) is 8.32. The van der Waals surface area contributed by atoms with Crippen LogP contribution in [0, 0.1) is 0 Å². The van der Waals surface area contributed by atoms with Crippen molar-refractivity contribution in [2.75, 3.05) is 6.61 Å². The van der Waals surface area contributed by atoms with E-state index in [1.807, 2.05) is 19.1 Å². The van der Waals surface area contributed by atoms with Crippen molar-refractivity contribution in [2.45, 2.75) is 19.1 Å². The number of benzene rings is 2. The van der Waals surface area contributed by atoms with Crippen LogP contribution in [0.2, 0.25) is 0 Å². The number of fused-ring (bicyclic) bond motifs is 3. The Morgan fingerprint density at radius 1 is 1.11 bits per heavy atom. The molecule has 9 heteroatoms. The molecule has 1 aliphatic rings. The van der Waals surface area contributed by atoms with Crippen LogP contribution in [0.25, 0.3) is 22.7 Å². The lowest BCUT2D eigenvalue weighted by atomic mass is 10.0. The molecule has 0 spiro atoms. The average molecular weight is 491 g/mol. The summed E-state index contributed by atoms with van der Waals surface area (Å²) in [4.78, 5) is 30.6. The zero-order valence-corrected chi connectivity index (χ0v) is 19.0. The number of carbonyl (C=O) groups is 1. The Labute approximate surface area is 203 Å². The zero-order valence-electron chi connectivity index (χ0n) is 19.0. The second kappa shape index (κ2) is 8.99. The summed E-state index contributed by atoms with van der Waals surface area (Å²) in [6.45, 7) is 2.07. The van der Waals surface area contributed by atoms with Crippen LogP contribution in [0.1, 0.15) is 40.1 Å². The van der Waals surface area contributed by atoms with Crippen molar-refractivity contribution >= 4 is 22.9 Å². The maximum atomic E-state index is 13.4. The van der Waals surface area contributed by atoms with Gasteiger partial charge in [-0.05, 0) is 73.7 Å². The van der Waals surface area contributed by atoms with Crippen molar-refractivity contribution in [3.63, 3.8) is 0 Å². The van der Waals surface area contributed by atoms with Crippen molar-refractivity contribution in [1.82, 2.24) is 14.9 Å². The number of halogens is 3. The fraction of sp³-hybridized carbons (Fsp3) is 0.148. The monoisotopic (exact) mass is 491 g/mol. The van der Waals surface area contributed by atoms with E-state index < -0.39 is 17.3 Å². The highest BCUT2D eigenvalue weighted by Crippen LogP contribution is 2.34. The number of hydrogen-bond donors (Lipinski definition) is 1. The van der Waals surface area contributed by atoms with Gasteiger partial charge in [0, 0.05) is 22.8 Å². The highest BCUT2D eigenvalue weighted by molar-refractivity contribution is 6.00. The van der Waals surface area contributed by atoms with Crippen LogP contribution in [-0.2, 0) is 6.18 Å². The van der Waals surface area contributed by atoms with Gasteiger partial charge in [-0.25, -0.2) is 0 Å². The lowest BCUT2D eigenvalue weighted by Gasteiger charge is -2.20. The summed E-state index contributed by atoms with van der Waals surface area (Å²) in [7, 11) is 0. The third-order valence-corrected chi connectivity index (χ3v) is 5.96. The van der Waals surface area contributed by atoms with Gasteiger partial charge in [0.05, 0.1) is 28.4 Å². The first-order chi connectivity index (χ1) is 17.2. The first-order valence-electron chi connectivity index (χ1n) is 11.2. The summed E-state index contributed by atoms with van der Waals surface area (Å²) in [5.41, 5.74) is 0.716. The van der Waals surface area contributed by atoms with Gasteiger partial charge < -0.3 is 10.1 Å². The van der Waals surface area contributed by atoms with E-state index in [4.69, 9.17) is 4.74 Å². The number of nitrogens with one attached hydrogen (secondary N) is 1. The van der Waals surface area contributed by atoms with E-state index in [1.54, 1.807) is 42.6 Å². The molecule has 2 aromatic carbocycles. The van der Waals surface area contributed by atoms with Crippen LogP contribution >= 0.6 is 0 Å². The molecule has 0 unspecified atom stereocenters. The molecule has 0 radical (unpaired) electrons. The predicted molar refractivity (Wildman–Crippen MR) is 129 cm³/mol. The van der Waals surface area contributed by atoms with Gasteiger partial charge in [-0.3, -0.25) is 19.1 Å². The number of rotatable bonds is 4. The Hall–Kier alpha value is -4.40. The maximum absolute atomic E-state index is 13.4. The minimum atomic E-state index is -4.49. The van der Waals surface area contributed by atoms with E-state index in [2.05, 4.69) is 10.3 Å². The number of hydrogen-bond acceptors (Lipinski definition) is 4. The number of carbonyl (C=O) groups excluding carboxylic acids is 1. The van der Waals surface area contributed by atoms with Crippen molar-refractivity contribution in [1.29, 1.82) is 0 Å². The van der Waals surface area contributed by atoms with Crippen LogP contribution < -0.4 is 15.6 Å². The Morgan fingerprint density at radius 2 is 1.89 bits per heavy atom. The van der Waals surface area contributed by atoms with Gasteiger partial charge in [0.15, 0.2) is 0 Å². The predicted octanol–water partition coefficient (Wildman–Crippen LogP) is 5.30. The molecule has 0 fully saturated rings. The second-order valence-corrected chi connectivity index (χ2v) is 8.32. The quantitative estimate of drug-likeness (QED) is 0.421. The summed E-state index contributed by atoms with van der Waals surface area (Å²) >= 11 is 0. The number of ether oxygens (including phenoxy) is 1. The number of alkyl halides is 3. The van der Waals surface area contributed by atoms with E-state index in [-0.39, 0.29) is 29.8 Å².